The van der Waals surface area contributed by atoms with Gasteiger partial charge in [-0.25, -0.2) is 9.78 Å². The molecular weight excluding hydrogens is 284 g/mol. The molecule has 1 spiro atoms. The van der Waals surface area contributed by atoms with Gasteiger partial charge in [0.2, 0.25) is 5.79 Å². The second-order valence-electron chi connectivity index (χ2n) is 7.73. The zero-order valence-corrected chi connectivity index (χ0v) is 14.0. The van der Waals surface area contributed by atoms with Gasteiger partial charge in [0.15, 0.2) is 18.2 Å². The van der Waals surface area contributed by atoms with E-state index in [1.807, 2.05) is 13.8 Å². The molecule has 5 aliphatic rings. The van der Waals surface area contributed by atoms with Crippen molar-refractivity contribution in [2.45, 2.75) is 77.3 Å². The molecule has 5 fully saturated rings. The first-order valence-electron chi connectivity index (χ1n) is 8.82. The predicted molar refractivity (Wildman–Crippen MR) is 78.5 cm³/mol. The van der Waals surface area contributed by atoms with Gasteiger partial charge in [-0.1, -0.05) is 13.8 Å². The normalized spacial score (nSPS) is 57.3. The summed E-state index contributed by atoms with van der Waals surface area (Å²) in [5.74, 6) is 0.957. The summed E-state index contributed by atoms with van der Waals surface area (Å²) in [5.41, 5.74) is -0.472. The fourth-order valence-corrected chi connectivity index (χ4v) is 5.23. The molecule has 5 rings (SSSR count). The predicted octanol–water partition coefficient (Wildman–Crippen LogP) is 3.23. The van der Waals surface area contributed by atoms with Crippen LogP contribution in [0.25, 0.3) is 0 Å². The third kappa shape index (κ3) is 1.96. The Bertz CT molecular complexity index is 443. The Hall–Kier alpha value is -0.200. The first kappa shape index (κ1) is 15.3. The Balaban J connectivity index is 1.75. The Morgan fingerprint density at radius 3 is 2.68 bits per heavy atom. The van der Waals surface area contributed by atoms with Crippen LogP contribution in [0.2, 0.25) is 0 Å². The molecule has 0 aromatic carbocycles. The van der Waals surface area contributed by atoms with Crippen LogP contribution in [0.5, 0.6) is 0 Å². The monoisotopic (exact) mass is 312 g/mol. The summed E-state index contributed by atoms with van der Waals surface area (Å²) in [5, 5.41) is 0. The van der Waals surface area contributed by atoms with Crippen LogP contribution >= 0.6 is 0 Å². The van der Waals surface area contributed by atoms with E-state index in [4.69, 9.17) is 24.0 Å². The molecule has 2 bridgehead atoms. The van der Waals surface area contributed by atoms with Crippen molar-refractivity contribution in [1.29, 1.82) is 0 Å². The minimum atomic E-state index is -0.700. The fourth-order valence-electron chi connectivity index (χ4n) is 5.23. The van der Waals surface area contributed by atoms with Crippen molar-refractivity contribution < 1.29 is 24.0 Å². The van der Waals surface area contributed by atoms with E-state index in [0.29, 0.717) is 24.4 Å². The van der Waals surface area contributed by atoms with Crippen molar-refractivity contribution in [2.24, 2.45) is 23.7 Å². The lowest BCUT2D eigenvalue weighted by molar-refractivity contribution is -0.577. The third-order valence-electron chi connectivity index (χ3n) is 6.43. The van der Waals surface area contributed by atoms with Gasteiger partial charge >= 0.3 is 0 Å². The molecule has 1 saturated carbocycles. The van der Waals surface area contributed by atoms with E-state index >= 15 is 0 Å². The van der Waals surface area contributed by atoms with Crippen LogP contribution in [-0.2, 0) is 24.0 Å². The quantitative estimate of drug-likeness (QED) is 0.733. The zero-order chi connectivity index (χ0) is 15.5. The molecule has 0 radical (unpaired) electrons. The molecule has 0 aromatic rings. The van der Waals surface area contributed by atoms with Crippen LogP contribution in [0.3, 0.4) is 0 Å². The summed E-state index contributed by atoms with van der Waals surface area (Å²) in [6, 6.07) is 0. The van der Waals surface area contributed by atoms with Gasteiger partial charge in [-0.15, -0.1) is 0 Å². The first-order valence-corrected chi connectivity index (χ1v) is 8.82. The number of rotatable bonds is 2. The van der Waals surface area contributed by atoms with Crippen LogP contribution in [0.4, 0.5) is 0 Å². The highest BCUT2D eigenvalue weighted by Crippen LogP contribution is 2.60. The SMILES string of the molecule is CCO[C@@H]1O[C@@H]2O[C@@]3(C)CC[C@H]4[C@H](C)CC[C@@H]([C@H]1C)[C@@]24OO3. The minimum Gasteiger partial charge on any atom is -0.353 e. The number of fused-ring (bicyclic) bond motifs is 2. The van der Waals surface area contributed by atoms with Crippen LogP contribution in [0.1, 0.15) is 53.4 Å². The standard InChI is InChI=1S/C17H28O5/c1-5-18-14-11(3)13-7-6-10(2)12-8-9-16(4)20-15(19-14)17(12,13)22-21-16/h10-15H,5-9H2,1-4H3/t10-,11-,12+,13+,14-,15-,16-,17-/m1/s1. The van der Waals surface area contributed by atoms with Crippen molar-refractivity contribution in [1.82, 2.24) is 0 Å². The molecule has 0 aromatic heterocycles. The topological polar surface area (TPSA) is 46.2 Å². The summed E-state index contributed by atoms with van der Waals surface area (Å²) in [6.45, 7) is 9.15. The van der Waals surface area contributed by atoms with Gasteiger partial charge in [-0.2, -0.15) is 0 Å². The van der Waals surface area contributed by atoms with Crippen molar-refractivity contribution in [3.05, 3.63) is 0 Å². The highest BCUT2D eigenvalue weighted by atomic mass is 17.3. The van der Waals surface area contributed by atoms with E-state index in [1.165, 1.54) is 6.42 Å². The molecule has 5 nitrogen and oxygen atoms in total. The summed E-state index contributed by atoms with van der Waals surface area (Å²) in [4.78, 5) is 11.9. The largest absolute Gasteiger partial charge is 0.353 e. The average Bonchev–Trinajstić information content (AvgIpc) is 2.71. The number of hydrogen-bond donors (Lipinski definition) is 0. The van der Waals surface area contributed by atoms with Crippen molar-refractivity contribution in [3.63, 3.8) is 0 Å². The molecule has 22 heavy (non-hydrogen) atoms. The Kier molecular flexibility index (Phi) is 3.59. The van der Waals surface area contributed by atoms with Gasteiger partial charge < -0.3 is 14.2 Å². The van der Waals surface area contributed by atoms with Crippen LogP contribution < -0.4 is 0 Å². The smallest absolute Gasteiger partial charge is 0.201 e. The van der Waals surface area contributed by atoms with Gasteiger partial charge in [0, 0.05) is 24.9 Å². The minimum absolute atomic E-state index is 0.216. The number of hydrogen-bond acceptors (Lipinski definition) is 5. The van der Waals surface area contributed by atoms with Crippen molar-refractivity contribution >= 4 is 0 Å². The first-order chi connectivity index (χ1) is 10.5. The summed E-state index contributed by atoms with van der Waals surface area (Å²) in [6.07, 6.45) is 3.66. The molecule has 4 heterocycles. The second kappa shape index (κ2) is 5.15. The molecule has 126 valence electrons. The second-order valence-corrected chi connectivity index (χ2v) is 7.73. The van der Waals surface area contributed by atoms with Crippen LogP contribution in [0, 0.1) is 23.7 Å². The Morgan fingerprint density at radius 2 is 1.91 bits per heavy atom. The van der Waals surface area contributed by atoms with Gasteiger partial charge in [-0.3, -0.25) is 0 Å². The highest BCUT2D eigenvalue weighted by molar-refractivity contribution is 5.09. The molecule has 0 unspecified atom stereocenters. The molecule has 1 aliphatic carbocycles. The van der Waals surface area contributed by atoms with Crippen molar-refractivity contribution in [3.8, 4) is 0 Å². The number of ether oxygens (including phenoxy) is 3. The summed E-state index contributed by atoms with van der Waals surface area (Å²) < 4.78 is 18.3. The lowest BCUT2D eigenvalue weighted by Gasteiger charge is -2.60. The maximum absolute atomic E-state index is 6.25. The van der Waals surface area contributed by atoms with Crippen LogP contribution in [0.15, 0.2) is 0 Å². The van der Waals surface area contributed by atoms with E-state index in [9.17, 15) is 0 Å². The Labute approximate surface area is 132 Å². The summed E-state index contributed by atoms with van der Waals surface area (Å²) in [7, 11) is 0. The lowest BCUT2D eigenvalue weighted by atomic mass is 9.58. The summed E-state index contributed by atoms with van der Waals surface area (Å²) >= 11 is 0. The fraction of sp³-hybridized carbons (Fsp3) is 1.00. The van der Waals surface area contributed by atoms with Gasteiger partial charge in [0.05, 0.1) is 0 Å². The van der Waals surface area contributed by atoms with E-state index in [0.717, 1.165) is 19.3 Å². The maximum Gasteiger partial charge on any atom is 0.201 e. The highest BCUT2D eigenvalue weighted by Gasteiger charge is 2.69. The van der Waals surface area contributed by atoms with Gasteiger partial charge in [0.1, 0.15) is 0 Å². The van der Waals surface area contributed by atoms with E-state index in [1.54, 1.807) is 0 Å². The van der Waals surface area contributed by atoms with Gasteiger partial charge in [-0.05, 0) is 44.9 Å². The molecule has 0 N–H and O–H groups in total. The lowest BCUT2D eigenvalue weighted by Crippen LogP contribution is -2.70. The maximum atomic E-state index is 6.25. The van der Waals surface area contributed by atoms with Gasteiger partial charge in [0.25, 0.3) is 0 Å². The molecule has 8 atom stereocenters. The zero-order valence-electron chi connectivity index (χ0n) is 14.0. The molecule has 5 heteroatoms. The molecule has 0 amide bonds. The third-order valence-corrected chi connectivity index (χ3v) is 6.43. The van der Waals surface area contributed by atoms with Crippen molar-refractivity contribution in [2.75, 3.05) is 6.61 Å². The van der Waals surface area contributed by atoms with Crippen LogP contribution in [-0.4, -0.2) is 30.6 Å². The van der Waals surface area contributed by atoms with E-state index in [2.05, 4.69) is 13.8 Å². The average molecular weight is 312 g/mol. The van der Waals surface area contributed by atoms with E-state index < -0.39 is 11.4 Å². The molecular formula is C17H28O5. The molecule has 4 saturated heterocycles. The Morgan fingerprint density at radius 1 is 1.09 bits per heavy atom. The molecule has 4 aliphatic heterocycles. The van der Waals surface area contributed by atoms with E-state index in [-0.39, 0.29) is 18.5 Å².